The number of nitrogens with one attached hydrogen (secondary N) is 1. The van der Waals surface area contributed by atoms with E-state index in [-0.39, 0.29) is 23.5 Å². The fourth-order valence-corrected chi connectivity index (χ4v) is 4.41. The number of nitrogens with zero attached hydrogens (tertiary/aromatic N) is 2. The molecule has 2 aliphatic rings. The Balaban J connectivity index is 1.81. The first-order chi connectivity index (χ1) is 9.37. The van der Waals surface area contributed by atoms with Crippen LogP contribution in [0.15, 0.2) is 0 Å². The van der Waals surface area contributed by atoms with Crippen LogP contribution in [0.4, 0.5) is 0 Å². The van der Waals surface area contributed by atoms with Gasteiger partial charge in [-0.25, -0.2) is 8.42 Å². The molecule has 1 amide bonds. The molecule has 116 valence electrons. The molecule has 0 aromatic heterocycles. The van der Waals surface area contributed by atoms with Gasteiger partial charge in [0, 0.05) is 38.1 Å². The molecule has 1 N–H and O–H groups in total. The van der Waals surface area contributed by atoms with E-state index in [1.54, 1.807) is 0 Å². The van der Waals surface area contributed by atoms with Gasteiger partial charge in [-0.05, 0) is 26.9 Å². The zero-order valence-corrected chi connectivity index (χ0v) is 13.2. The molecule has 7 heteroatoms. The molecule has 2 heterocycles. The van der Waals surface area contributed by atoms with Crippen molar-refractivity contribution < 1.29 is 13.2 Å². The number of carbonyl (C=O) groups is 1. The normalized spacial score (nSPS) is 27.8. The molecule has 20 heavy (non-hydrogen) atoms. The van der Waals surface area contributed by atoms with Gasteiger partial charge in [-0.2, -0.15) is 0 Å². The quantitative estimate of drug-likeness (QED) is 0.748. The lowest BCUT2D eigenvalue weighted by atomic mass is 10.0. The Hall–Kier alpha value is -0.660. The van der Waals surface area contributed by atoms with E-state index in [1.807, 2.05) is 4.90 Å². The summed E-state index contributed by atoms with van der Waals surface area (Å²) in [6.45, 7) is 2.02. The van der Waals surface area contributed by atoms with Crippen LogP contribution in [0.1, 0.15) is 19.3 Å². The standard InChI is InChI=1S/C13H25N3O3S/c1-15(2)12-3-6-16(7-4-12)13(17)9-11-10-20(18,19)8-5-14-11/h11-12,14H,3-10H2,1-2H3. The van der Waals surface area contributed by atoms with Gasteiger partial charge in [-0.1, -0.05) is 0 Å². The first-order valence-electron chi connectivity index (χ1n) is 7.25. The largest absolute Gasteiger partial charge is 0.343 e. The second kappa shape index (κ2) is 6.41. The number of rotatable bonds is 3. The summed E-state index contributed by atoms with van der Waals surface area (Å²) in [4.78, 5) is 16.3. The summed E-state index contributed by atoms with van der Waals surface area (Å²) < 4.78 is 23.1. The number of carbonyl (C=O) groups excluding carboxylic acids is 1. The van der Waals surface area contributed by atoms with Crippen molar-refractivity contribution in [3.05, 3.63) is 0 Å². The molecule has 1 atom stereocenters. The monoisotopic (exact) mass is 303 g/mol. The fourth-order valence-electron chi connectivity index (χ4n) is 2.97. The van der Waals surface area contributed by atoms with Gasteiger partial charge in [-0.3, -0.25) is 4.79 Å². The summed E-state index contributed by atoms with van der Waals surface area (Å²) in [6.07, 6.45) is 2.29. The summed E-state index contributed by atoms with van der Waals surface area (Å²) in [5, 5.41) is 3.14. The molecule has 0 aromatic rings. The molecule has 2 saturated heterocycles. The number of hydrogen-bond acceptors (Lipinski definition) is 5. The first-order valence-corrected chi connectivity index (χ1v) is 9.07. The van der Waals surface area contributed by atoms with Gasteiger partial charge in [-0.15, -0.1) is 0 Å². The smallest absolute Gasteiger partial charge is 0.224 e. The highest BCUT2D eigenvalue weighted by Gasteiger charge is 2.29. The lowest BCUT2D eigenvalue weighted by Gasteiger charge is -2.36. The fraction of sp³-hybridized carbons (Fsp3) is 0.923. The van der Waals surface area contributed by atoms with Crippen LogP contribution in [0.3, 0.4) is 0 Å². The maximum absolute atomic E-state index is 12.2. The minimum atomic E-state index is -2.97. The predicted octanol–water partition coefficient (Wildman–Crippen LogP) is -0.684. The Kier molecular flexibility index (Phi) is 5.04. The van der Waals surface area contributed by atoms with Crippen LogP contribution in [0.5, 0.6) is 0 Å². The maximum atomic E-state index is 12.2. The lowest BCUT2D eigenvalue weighted by Crippen LogP contribution is -2.50. The Labute approximate surface area is 121 Å². The predicted molar refractivity (Wildman–Crippen MR) is 78.4 cm³/mol. The molecule has 2 fully saturated rings. The molecule has 2 rings (SSSR count). The molecule has 0 spiro atoms. The summed E-state index contributed by atoms with van der Waals surface area (Å²) in [5.74, 6) is 0.357. The van der Waals surface area contributed by atoms with Crippen LogP contribution in [0.2, 0.25) is 0 Å². The van der Waals surface area contributed by atoms with E-state index in [1.165, 1.54) is 0 Å². The molecule has 1 unspecified atom stereocenters. The van der Waals surface area contributed by atoms with Crippen LogP contribution in [-0.2, 0) is 14.6 Å². The van der Waals surface area contributed by atoms with Gasteiger partial charge in [0.2, 0.25) is 5.91 Å². The van der Waals surface area contributed by atoms with Crippen LogP contribution in [0, 0.1) is 0 Å². The van der Waals surface area contributed by atoms with Crippen molar-refractivity contribution in [2.45, 2.75) is 31.3 Å². The van der Waals surface area contributed by atoms with E-state index in [4.69, 9.17) is 0 Å². The van der Waals surface area contributed by atoms with Crippen molar-refractivity contribution in [2.75, 3.05) is 45.2 Å². The van der Waals surface area contributed by atoms with E-state index >= 15 is 0 Å². The molecule has 0 radical (unpaired) electrons. The highest BCUT2D eigenvalue weighted by atomic mass is 32.2. The highest BCUT2D eigenvalue weighted by molar-refractivity contribution is 7.91. The summed E-state index contributed by atoms with van der Waals surface area (Å²) in [7, 11) is 1.17. The van der Waals surface area contributed by atoms with E-state index in [9.17, 15) is 13.2 Å². The number of piperidine rings is 1. The number of sulfone groups is 1. The van der Waals surface area contributed by atoms with Crippen molar-refractivity contribution in [2.24, 2.45) is 0 Å². The summed E-state index contributed by atoms with van der Waals surface area (Å²) in [6, 6.07) is 0.333. The van der Waals surface area contributed by atoms with Gasteiger partial charge in [0.05, 0.1) is 11.5 Å². The maximum Gasteiger partial charge on any atom is 0.224 e. The van der Waals surface area contributed by atoms with Gasteiger partial charge in [0.25, 0.3) is 0 Å². The Morgan fingerprint density at radius 3 is 2.50 bits per heavy atom. The Morgan fingerprint density at radius 2 is 1.95 bits per heavy atom. The van der Waals surface area contributed by atoms with Gasteiger partial charge in [0.15, 0.2) is 9.84 Å². The molecule has 0 aliphatic carbocycles. The Morgan fingerprint density at radius 1 is 1.30 bits per heavy atom. The highest BCUT2D eigenvalue weighted by Crippen LogP contribution is 2.16. The molecule has 0 aromatic carbocycles. The topological polar surface area (TPSA) is 69.7 Å². The zero-order chi connectivity index (χ0) is 14.8. The molecule has 2 aliphatic heterocycles. The lowest BCUT2D eigenvalue weighted by molar-refractivity contribution is -0.133. The summed E-state index contributed by atoms with van der Waals surface area (Å²) in [5.41, 5.74) is 0. The van der Waals surface area contributed by atoms with Crippen molar-refractivity contribution in [3.8, 4) is 0 Å². The van der Waals surface area contributed by atoms with Crippen LogP contribution in [0.25, 0.3) is 0 Å². The van der Waals surface area contributed by atoms with Crippen molar-refractivity contribution in [1.82, 2.24) is 15.1 Å². The number of likely N-dealkylation sites (tertiary alicyclic amines) is 1. The first kappa shape index (κ1) is 15.7. The number of hydrogen-bond donors (Lipinski definition) is 1. The van der Waals surface area contributed by atoms with E-state index in [2.05, 4.69) is 24.3 Å². The van der Waals surface area contributed by atoms with Gasteiger partial charge in [0.1, 0.15) is 0 Å². The zero-order valence-electron chi connectivity index (χ0n) is 12.3. The van der Waals surface area contributed by atoms with E-state index < -0.39 is 9.84 Å². The van der Waals surface area contributed by atoms with Crippen LogP contribution < -0.4 is 5.32 Å². The van der Waals surface area contributed by atoms with E-state index in [0.717, 1.165) is 25.9 Å². The summed E-state index contributed by atoms with van der Waals surface area (Å²) >= 11 is 0. The molecule has 0 saturated carbocycles. The average molecular weight is 303 g/mol. The molecule has 0 bridgehead atoms. The minimum absolute atomic E-state index is 0.0804. The number of amides is 1. The molecular weight excluding hydrogens is 278 g/mol. The van der Waals surface area contributed by atoms with Crippen molar-refractivity contribution in [3.63, 3.8) is 0 Å². The van der Waals surface area contributed by atoms with Gasteiger partial charge >= 0.3 is 0 Å². The van der Waals surface area contributed by atoms with E-state index in [0.29, 0.717) is 19.0 Å². The average Bonchev–Trinajstić information content (AvgIpc) is 2.37. The molecular formula is C13H25N3O3S. The third-order valence-corrected chi connectivity index (χ3v) is 6.01. The minimum Gasteiger partial charge on any atom is -0.343 e. The van der Waals surface area contributed by atoms with Crippen molar-refractivity contribution in [1.29, 1.82) is 0 Å². The second-order valence-corrected chi connectivity index (χ2v) is 8.27. The molecule has 6 nitrogen and oxygen atoms in total. The SMILES string of the molecule is CN(C)C1CCN(C(=O)CC2CS(=O)(=O)CCN2)CC1. The van der Waals surface area contributed by atoms with Crippen molar-refractivity contribution >= 4 is 15.7 Å². The third kappa shape index (κ3) is 4.17. The van der Waals surface area contributed by atoms with Gasteiger partial charge < -0.3 is 15.1 Å². The second-order valence-electron chi connectivity index (χ2n) is 6.05. The third-order valence-electron chi connectivity index (χ3n) is 4.27. The Bertz CT molecular complexity index is 442. The van der Waals surface area contributed by atoms with Crippen LogP contribution in [-0.4, -0.2) is 81.4 Å². The van der Waals surface area contributed by atoms with Crippen LogP contribution >= 0.6 is 0 Å².